The average Bonchev–Trinajstić information content (AvgIpc) is 2.43. The second kappa shape index (κ2) is 6.95. The van der Waals surface area contributed by atoms with Crippen LogP contribution in [0.3, 0.4) is 0 Å². The van der Waals surface area contributed by atoms with E-state index in [0.29, 0.717) is 0 Å². The average molecular weight is 287 g/mol. The summed E-state index contributed by atoms with van der Waals surface area (Å²) in [4.78, 5) is 0. The molecular weight excluding hydrogens is 264 g/mol. The summed E-state index contributed by atoms with van der Waals surface area (Å²) >= 11 is 6.73. The normalized spacial score (nSPS) is 14.0. The van der Waals surface area contributed by atoms with Crippen LogP contribution in [0.2, 0.25) is 0 Å². The van der Waals surface area contributed by atoms with Crippen molar-refractivity contribution in [2.24, 2.45) is 0 Å². The molecule has 0 aliphatic rings. The smallest absolute Gasteiger partial charge is 0.0445 e. The summed E-state index contributed by atoms with van der Waals surface area (Å²) in [5.41, 5.74) is 5.31. The van der Waals surface area contributed by atoms with Crippen molar-refractivity contribution in [2.45, 2.75) is 44.9 Å². The van der Waals surface area contributed by atoms with Gasteiger partial charge < -0.3 is 0 Å². The van der Waals surface area contributed by atoms with Gasteiger partial charge in [0.15, 0.2) is 0 Å². The van der Waals surface area contributed by atoms with Gasteiger partial charge in [0.05, 0.1) is 0 Å². The van der Waals surface area contributed by atoms with Crippen LogP contribution in [0.25, 0.3) is 0 Å². The molecule has 0 aliphatic carbocycles. The van der Waals surface area contributed by atoms with Crippen molar-refractivity contribution < 1.29 is 0 Å². The van der Waals surface area contributed by atoms with E-state index in [4.69, 9.17) is 11.6 Å². The Morgan fingerprint density at radius 3 is 2.30 bits per heavy atom. The molecule has 0 radical (unpaired) electrons. The summed E-state index contributed by atoms with van der Waals surface area (Å²) in [6, 6.07) is 17.3. The molecule has 0 heterocycles. The van der Waals surface area contributed by atoms with Crippen molar-refractivity contribution in [2.75, 3.05) is 0 Å². The fourth-order valence-corrected chi connectivity index (χ4v) is 3.36. The van der Waals surface area contributed by atoms with E-state index in [9.17, 15) is 0 Å². The van der Waals surface area contributed by atoms with E-state index in [-0.39, 0.29) is 11.3 Å². The predicted molar refractivity (Wildman–Crippen MR) is 88.8 cm³/mol. The standard InChI is InChI=1S/C19H23Cl/c1-4-8-18(20)19(16-9-6-5-7-10-16)17-12-11-14(2)13-15(17)3/h5-7,9-13,18-19H,4,8H2,1-3H3. The van der Waals surface area contributed by atoms with Crippen LogP contribution >= 0.6 is 11.6 Å². The molecule has 0 nitrogen and oxygen atoms in total. The molecule has 20 heavy (non-hydrogen) atoms. The summed E-state index contributed by atoms with van der Waals surface area (Å²) in [5.74, 6) is 0.276. The third-order valence-corrected chi connectivity index (χ3v) is 4.32. The molecule has 2 rings (SSSR count). The molecule has 0 spiro atoms. The lowest BCUT2D eigenvalue weighted by Gasteiger charge is -2.25. The zero-order valence-corrected chi connectivity index (χ0v) is 13.3. The molecule has 2 aromatic rings. The van der Waals surface area contributed by atoms with Gasteiger partial charge in [0.2, 0.25) is 0 Å². The van der Waals surface area contributed by atoms with Crippen LogP contribution in [0.15, 0.2) is 48.5 Å². The van der Waals surface area contributed by atoms with E-state index in [2.05, 4.69) is 69.3 Å². The molecule has 0 aromatic heterocycles. The number of halogens is 1. The van der Waals surface area contributed by atoms with Crippen LogP contribution in [0.4, 0.5) is 0 Å². The topological polar surface area (TPSA) is 0 Å². The minimum atomic E-state index is 0.142. The summed E-state index contributed by atoms with van der Waals surface area (Å²) < 4.78 is 0. The first kappa shape index (κ1) is 15.1. The highest BCUT2D eigenvalue weighted by Gasteiger charge is 2.23. The third kappa shape index (κ3) is 3.43. The molecule has 2 aromatic carbocycles. The first-order valence-electron chi connectivity index (χ1n) is 7.39. The molecule has 2 unspecified atom stereocenters. The van der Waals surface area contributed by atoms with Gasteiger partial charge in [0, 0.05) is 11.3 Å². The molecule has 0 saturated heterocycles. The molecular formula is C19H23Cl. The van der Waals surface area contributed by atoms with Gasteiger partial charge in [-0.1, -0.05) is 67.4 Å². The number of benzene rings is 2. The largest absolute Gasteiger partial charge is 0.122 e. The van der Waals surface area contributed by atoms with Crippen molar-refractivity contribution in [1.29, 1.82) is 0 Å². The van der Waals surface area contributed by atoms with Gasteiger partial charge >= 0.3 is 0 Å². The van der Waals surface area contributed by atoms with Crippen molar-refractivity contribution in [3.8, 4) is 0 Å². The monoisotopic (exact) mass is 286 g/mol. The maximum absolute atomic E-state index is 6.73. The van der Waals surface area contributed by atoms with Gasteiger partial charge in [-0.05, 0) is 37.0 Å². The molecule has 0 aliphatic heterocycles. The van der Waals surface area contributed by atoms with Gasteiger partial charge in [0.25, 0.3) is 0 Å². The molecule has 106 valence electrons. The summed E-state index contributed by atoms with van der Waals surface area (Å²) in [5, 5.41) is 0.142. The Hall–Kier alpha value is -1.27. The molecule has 1 heteroatoms. The van der Waals surface area contributed by atoms with E-state index in [0.717, 1.165) is 12.8 Å². The Morgan fingerprint density at radius 2 is 1.70 bits per heavy atom. The van der Waals surface area contributed by atoms with Crippen molar-refractivity contribution >= 4 is 11.6 Å². The number of rotatable bonds is 5. The summed E-state index contributed by atoms with van der Waals surface area (Å²) in [7, 11) is 0. The molecule has 0 amide bonds. The molecule has 0 bridgehead atoms. The molecule has 0 saturated carbocycles. The van der Waals surface area contributed by atoms with Crippen molar-refractivity contribution in [3.05, 3.63) is 70.8 Å². The van der Waals surface area contributed by atoms with Gasteiger partial charge in [0.1, 0.15) is 0 Å². The van der Waals surface area contributed by atoms with E-state index in [1.165, 1.54) is 22.3 Å². The van der Waals surface area contributed by atoms with E-state index < -0.39 is 0 Å². The van der Waals surface area contributed by atoms with E-state index in [1.807, 2.05) is 0 Å². The van der Waals surface area contributed by atoms with Crippen molar-refractivity contribution in [1.82, 2.24) is 0 Å². The maximum Gasteiger partial charge on any atom is 0.0445 e. The maximum atomic E-state index is 6.73. The summed E-state index contributed by atoms with van der Waals surface area (Å²) in [6.45, 7) is 6.52. The quantitative estimate of drug-likeness (QED) is 0.606. The van der Waals surface area contributed by atoms with Gasteiger partial charge in [-0.15, -0.1) is 11.6 Å². The lowest BCUT2D eigenvalue weighted by Crippen LogP contribution is -2.15. The third-order valence-electron chi connectivity index (χ3n) is 3.85. The Balaban J connectivity index is 2.46. The number of aryl methyl sites for hydroxylation is 2. The van der Waals surface area contributed by atoms with Gasteiger partial charge in [-0.3, -0.25) is 0 Å². The lowest BCUT2D eigenvalue weighted by atomic mass is 9.84. The second-order valence-electron chi connectivity index (χ2n) is 5.55. The Kier molecular flexibility index (Phi) is 5.25. The van der Waals surface area contributed by atoms with Gasteiger partial charge in [-0.25, -0.2) is 0 Å². The second-order valence-corrected chi connectivity index (χ2v) is 6.11. The molecule has 0 N–H and O–H groups in total. The first-order chi connectivity index (χ1) is 9.63. The van der Waals surface area contributed by atoms with Gasteiger partial charge in [-0.2, -0.15) is 0 Å². The van der Waals surface area contributed by atoms with Crippen LogP contribution in [0, 0.1) is 13.8 Å². The summed E-state index contributed by atoms with van der Waals surface area (Å²) in [6.07, 6.45) is 2.15. The Morgan fingerprint density at radius 1 is 1.00 bits per heavy atom. The van der Waals surface area contributed by atoms with Crippen molar-refractivity contribution in [3.63, 3.8) is 0 Å². The van der Waals surface area contributed by atoms with Crippen LogP contribution in [0.1, 0.15) is 47.9 Å². The predicted octanol–water partition coefficient (Wildman–Crippen LogP) is 5.84. The van der Waals surface area contributed by atoms with Crippen LogP contribution < -0.4 is 0 Å². The minimum Gasteiger partial charge on any atom is -0.122 e. The fourth-order valence-electron chi connectivity index (χ4n) is 2.86. The lowest BCUT2D eigenvalue weighted by molar-refractivity contribution is 0.657. The first-order valence-corrected chi connectivity index (χ1v) is 7.83. The SMILES string of the molecule is CCCC(Cl)C(c1ccccc1)c1ccc(C)cc1C. The van der Waals surface area contributed by atoms with Crippen LogP contribution in [-0.2, 0) is 0 Å². The van der Waals surface area contributed by atoms with Crippen LogP contribution in [-0.4, -0.2) is 5.38 Å². The highest BCUT2D eigenvalue weighted by atomic mass is 35.5. The van der Waals surface area contributed by atoms with Crippen LogP contribution in [0.5, 0.6) is 0 Å². The minimum absolute atomic E-state index is 0.142. The Bertz CT molecular complexity index is 545. The molecule has 0 fully saturated rings. The zero-order valence-electron chi connectivity index (χ0n) is 12.6. The van der Waals surface area contributed by atoms with E-state index >= 15 is 0 Å². The fraction of sp³-hybridized carbons (Fsp3) is 0.368. The number of alkyl halides is 1. The number of hydrogen-bond donors (Lipinski definition) is 0. The molecule has 2 atom stereocenters. The highest BCUT2D eigenvalue weighted by molar-refractivity contribution is 6.21. The van der Waals surface area contributed by atoms with E-state index in [1.54, 1.807) is 0 Å². The Labute approximate surface area is 127 Å². The number of hydrogen-bond acceptors (Lipinski definition) is 0. The zero-order chi connectivity index (χ0) is 14.5. The highest BCUT2D eigenvalue weighted by Crippen LogP contribution is 2.35.